The second-order valence-corrected chi connectivity index (χ2v) is 9.49. The molecule has 0 saturated heterocycles. The smallest absolute Gasteiger partial charge is 0.258 e. The summed E-state index contributed by atoms with van der Waals surface area (Å²) >= 11 is 0. The predicted molar refractivity (Wildman–Crippen MR) is 81.8 cm³/mol. The van der Waals surface area contributed by atoms with Crippen LogP contribution >= 0.6 is 10.2 Å². The zero-order valence-electron chi connectivity index (χ0n) is 12.1. The van der Waals surface area contributed by atoms with Gasteiger partial charge in [-0.2, -0.15) is 0 Å². The van der Waals surface area contributed by atoms with Crippen LogP contribution in [0, 0.1) is 10.1 Å². The number of rotatable bonds is 5. The molecule has 0 aliphatic heterocycles. The quantitative estimate of drug-likeness (QED) is 0.389. The average molecular weight is 403 g/mol. The first-order valence-electron chi connectivity index (χ1n) is 6.39. The Labute approximate surface area is 138 Å². The fourth-order valence-electron chi connectivity index (χ4n) is 2.01. The van der Waals surface area contributed by atoms with Gasteiger partial charge in [-0.1, -0.05) is 37.6 Å². The van der Waals surface area contributed by atoms with E-state index in [9.17, 15) is 38.0 Å². The number of sulfone groups is 1. The normalized spacial score (nSPS) is 15.2. The summed E-state index contributed by atoms with van der Waals surface area (Å²) in [6.45, 7) is 0. The minimum Gasteiger partial charge on any atom is -0.258 e. The molecular weight excluding hydrogens is 393 g/mol. The van der Waals surface area contributed by atoms with Crippen LogP contribution < -0.4 is 0 Å². The first-order valence-corrected chi connectivity index (χ1v) is 10.00. The van der Waals surface area contributed by atoms with Crippen LogP contribution in [-0.2, 0) is 15.6 Å². The Morgan fingerprint density at radius 1 is 0.960 bits per heavy atom. The lowest BCUT2D eigenvalue weighted by atomic mass is 10.2. The van der Waals surface area contributed by atoms with Gasteiger partial charge in [0.25, 0.3) is 5.69 Å². The lowest BCUT2D eigenvalue weighted by Crippen LogP contribution is -2.10. The van der Waals surface area contributed by atoms with Gasteiger partial charge in [0, 0.05) is 11.6 Å². The molecule has 0 aromatic heterocycles. The zero-order valence-corrected chi connectivity index (χ0v) is 13.7. The number of nitro groups is 1. The molecule has 2 aromatic carbocycles. The molecule has 25 heavy (non-hydrogen) atoms. The van der Waals surface area contributed by atoms with Gasteiger partial charge in [-0.3, -0.25) is 10.1 Å². The zero-order chi connectivity index (χ0) is 19.2. The van der Waals surface area contributed by atoms with Crippen LogP contribution in [0.15, 0.2) is 58.3 Å². The predicted octanol–water partition coefficient (Wildman–Crippen LogP) is 5.23. The molecule has 0 radical (unpaired) electrons. The molecule has 0 aliphatic carbocycles. The Kier molecular flexibility index (Phi) is 3.93. The van der Waals surface area contributed by atoms with Gasteiger partial charge in [0.15, 0.2) is 9.84 Å². The number of benzene rings is 2. The SMILES string of the molecule is O=[N+]([O-])c1ccc(S(F)(F)(F)(F)F)cc1CS(=O)(=O)c1ccccc1. The number of hydrogen-bond acceptors (Lipinski definition) is 4. The number of nitrogens with zero attached hydrogens (tertiary/aromatic N) is 1. The first kappa shape index (κ1) is 19.1. The van der Waals surface area contributed by atoms with Crippen molar-refractivity contribution in [1.82, 2.24) is 0 Å². The largest absolute Gasteiger partial charge is 0.310 e. The van der Waals surface area contributed by atoms with Crippen LogP contribution in [0.5, 0.6) is 0 Å². The van der Waals surface area contributed by atoms with E-state index < -0.39 is 46.9 Å². The summed E-state index contributed by atoms with van der Waals surface area (Å²) in [5.74, 6) is -1.23. The molecule has 138 valence electrons. The van der Waals surface area contributed by atoms with E-state index >= 15 is 0 Å². The molecule has 2 rings (SSSR count). The molecule has 0 atom stereocenters. The molecule has 0 amide bonds. The van der Waals surface area contributed by atoms with Crippen LogP contribution in [0.25, 0.3) is 0 Å². The Hall–Kier alpha value is -2.21. The summed E-state index contributed by atoms with van der Waals surface area (Å²) in [5.41, 5.74) is -1.97. The Bertz CT molecular complexity index is 944. The van der Waals surface area contributed by atoms with Crippen molar-refractivity contribution in [2.45, 2.75) is 15.5 Å². The molecular formula is C13H10F5NO4S2. The summed E-state index contributed by atoms with van der Waals surface area (Å²) in [6.07, 6.45) is 0. The highest BCUT2D eigenvalue weighted by Crippen LogP contribution is 3.02. The van der Waals surface area contributed by atoms with E-state index in [2.05, 4.69) is 0 Å². The second-order valence-electron chi connectivity index (χ2n) is 5.09. The molecule has 0 saturated carbocycles. The van der Waals surface area contributed by atoms with Gasteiger partial charge in [0.2, 0.25) is 0 Å². The Morgan fingerprint density at radius 2 is 1.52 bits per heavy atom. The van der Waals surface area contributed by atoms with Crippen molar-refractivity contribution in [3.63, 3.8) is 0 Å². The van der Waals surface area contributed by atoms with Crippen LogP contribution in [0.4, 0.5) is 25.1 Å². The summed E-state index contributed by atoms with van der Waals surface area (Å²) in [5, 5.41) is 10.9. The molecule has 0 N–H and O–H groups in total. The maximum absolute atomic E-state index is 12.9. The highest BCUT2D eigenvalue weighted by atomic mass is 32.5. The monoisotopic (exact) mass is 403 g/mol. The van der Waals surface area contributed by atoms with Gasteiger partial charge >= 0.3 is 10.2 Å². The van der Waals surface area contributed by atoms with Crippen molar-refractivity contribution >= 4 is 25.7 Å². The van der Waals surface area contributed by atoms with Crippen molar-refractivity contribution in [3.8, 4) is 0 Å². The Morgan fingerprint density at radius 3 is 2.00 bits per heavy atom. The third-order valence-electron chi connectivity index (χ3n) is 3.14. The van der Waals surface area contributed by atoms with Gasteiger partial charge < -0.3 is 0 Å². The van der Waals surface area contributed by atoms with Gasteiger partial charge in [-0.05, 0) is 24.3 Å². The van der Waals surface area contributed by atoms with Gasteiger partial charge in [0.05, 0.1) is 15.6 Å². The van der Waals surface area contributed by atoms with E-state index in [0.717, 1.165) is 12.1 Å². The van der Waals surface area contributed by atoms with E-state index in [0.29, 0.717) is 0 Å². The van der Waals surface area contributed by atoms with Crippen molar-refractivity contribution in [2.24, 2.45) is 0 Å². The third kappa shape index (κ3) is 4.45. The topological polar surface area (TPSA) is 77.3 Å². The molecule has 0 aliphatic rings. The van der Waals surface area contributed by atoms with Crippen LogP contribution in [0.2, 0.25) is 0 Å². The molecule has 0 heterocycles. The molecule has 0 fully saturated rings. The standard InChI is InChI=1S/C13H10F5NO4S2/c14-25(15,16,17,18)12-6-7-13(19(20)21)10(8-12)9-24(22,23)11-4-2-1-3-5-11/h1-8H,9H2. The van der Waals surface area contributed by atoms with E-state index in [-0.39, 0.29) is 23.1 Å². The van der Waals surface area contributed by atoms with Crippen molar-refractivity contribution < 1.29 is 32.8 Å². The van der Waals surface area contributed by atoms with E-state index in [1.807, 2.05) is 0 Å². The van der Waals surface area contributed by atoms with Gasteiger partial charge in [-0.15, -0.1) is 0 Å². The Balaban J connectivity index is 2.62. The number of hydrogen-bond donors (Lipinski definition) is 0. The molecule has 0 bridgehead atoms. The van der Waals surface area contributed by atoms with E-state index in [4.69, 9.17) is 0 Å². The summed E-state index contributed by atoms with van der Waals surface area (Å²) in [7, 11) is -14.4. The van der Waals surface area contributed by atoms with Crippen molar-refractivity contribution in [1.29, 1.82) is 0 Å². The molecule has 0 unspecified atom stereocenters. The van der Waals surface area contributed by atoms with Crippen LogP contribution in [-0.4, -0.2) is 13.3 Å². The average Bonchev–Trinajstić information content (AvgIpc) is 2.45. The number of nitro benzene ring substituents is 1. The van der Waals surface area contributed by atoms with E-state index in [1.54, 1.807) is 0 Å². The molecule has 2 aromatic rings. The molecule has 0 spiro atoms. The summed E-state index contributed by atoms with van der Waals surface area (Å²) < 4.78 is 88.9. The van der Waals surface area contributed by atoms with E-state index in [1.165, 1.54) is 18.2 Å². The fraction of sp³-hybridized carbons (Fsp3) is 0.0769. The van der Waals surface area contributed by atoms with Crippen LogP contribution in [0.3, 0.4) is 0 Å². The minimum atomic E-state index is -10.1. The molecule has 5 nitrogen and oxygen atoms in total. The maximum atomic E-state index is 12.9. The van der Waals surface area contributed by atoms with Gasteiger partial charge in [0.1, 0.15) is 4.90 Å². The molecule has 12 heteroatoms. The third-order valence-corrected chi connectivity index (χ3v) is 5.97. The second kappa shape index (κ2) is 5.14. The summed E-state index contributed by atoms with van der Waals surface area (Å²) in [6, 6.07) is 6.35. The van der Waals surface area contributed by atoms with Gasteiger partial charge in [-0.25, -0.2) is 8.42 Å². The fourth-order valence-corrected chi connectivity index (χ4v) is 4.08. The minimum absolute atomic E-state index is 0.127. The summed E-state index contributed by atoms with van der Waals surface area (Å²) in [4.78, 5) is 7.09. The lowest BCUT2D eigenvalue weighted by molar-refractivity contribution is -0.385. The first-order chi connectivity index (χ1) is 11.1. The van der Waals surface area contributed by atoms with Crippen molar-refractivity contribution in [3.05, 3.63) is 64.2 Å². The van der Waals surface area contributed by atoms with Crippen molar-refractivity contribution in [2.75, 3.05) is 0 Å². The highest BCUT2D eigenvalue weighted by Gasteiger charge is 2.65. The van der Waals surface area contributed by atoms with Crippen LogP contribution in [0.1, 0.15) is 5.56 Å². The maximum Gasteiger partial charge on any atom is 0.310 e. The lowest BCUT2D eigenvalue weighted by Gasteiger charge is -2.40. The highest BCUT2D eigenvalue weighted by molar-refractivity contribution is 8.45. The number of halogens is 5.